The molecule has 2 rings (SSSR count). The second-order valence-corrected chi connectivity index (χ2v) is 6.29. The van der Waals surface area contributed by atoms with Crippen LogP contribution in [0.25, 0.3) is 0 Å². The minimum absolute atomic E-state index is 0.310. The minimum Gasteiger partial charge on any atom is -0.313 e. The SMILES string of the molecule is FC(F)(F)C1CCCCC1NCCC1CCCCC1. The Morgan fingerprint density at radius 2 is 1.47 bits per heavy atom. The zero-order chi connectivity index (χ0) is 13.7. The van der Waals surface area contributed by atoms with Crippen molar-refractivity contribution in [2.24, 2.45) is 11.8 Å². The lowest BCUT2D eigenvalue weighted by atomic mass is 9.83. The van der Waals surface area contributed by atoms with Gasteiger partial charge in [0.05, 0.1) is 5.92 Å². The highest BCUT2D eigenvalue weighted by Crippen LogP contribution is 2.37. The Morgan fingerprint density at radius 1 is 0.842 bits per heavy atom. The summed E-state index contributed by atoms with van der Waals surface area (Å²) < 4.78 is 38.8. The van der Waals surface area contributed by atoms with Crippen LogP contribution in [0.2, 0.25) is 0 Å². The average molecular weight is 277 g/mol. The summed E-state index contributed by atoms with van der Waals surface area (Å²) in [6.07, 6.45) is 6.19. The smallest absolute Gasteiger partial charge is 0.313 e. The summed E-state index contributed by atoms with van der Waals surface area (Å²) in [6, 6.07) is -0.336. The van der Waals surface area contributed by atoms with Gasteiger partial charge < -0.3 is 5.32 Å². The van der Waals surface area contributed by atoms with Crippen LogP contribution in [0.3, 0.4) is 0 Å². The third kappa shape index (κ3) is 4.66. The van der Waals surface area contributed by atoms with Gasteiger partial charge in [-0.3, -0.25) is 0 Å². The Labute approximate surface area is 114 Å². The van der Waals surface area contributed by atoms with Crippen molar-refractivity contribution in [1.82, 2.24) is 5.32 Å². The third-order valence-electron chi connectivity index (χ3n) is 4.87. The molecule has 4 heteroatoms. The predicted octanol–water partition coefficient (Wildman–Crippen LogP) is 4.67. The van der Waals surface area contributed by atoms with Gasteiger partial charge >= 0.3 is 6.18 Å². The molecular weight excluding hydrogens is 251 g/mol. The Hall–Kier alpha value is -0.250. The number of nitrogens with one attached hydrogen (secondary N) is 1. The Morgan fingerprint density at radius 3 is 2.16 bits per heavy atom. The van der Waals surface area contributed by atoms with E-state index in [0.717, 1.165) is 31.7 Å². The summed E-state index contributed by atoms with van der Waals surface area (Å²) in [5.74, 6) is -0.373. The quantitative estimate of drug-likeness (QED) is 0.787. The van der Waals surface area contributed by atoms with Crippen molar-refractivity contribution in [3.63, 3.8) is 0 Å². The number of hydrogen-bond donors (Lipinski definition) is 1. The van der Waals surface area contributed by atoms with Crippen LogP contribution in [0.4, 0.5) is 13.2 Å². The van der Waals surface area contributed by atoms with Gasteiger partial charge in [0.25, 0.3) is 0 Å². The van der Waals surface area contributed by atoms with Gasteiger partial charge in [-0.05, 0) is 31.7 Å². The van der Waals surface area contributed by atoms with Crippen molar-refractivity contribution in [3.8, 4) is 0 Å². The second kappa shape index (κ2) is 6.96. The molecule has 0 aromatic heterocycles. The van der Waals surface area contributed by atoms with Crippen LogP contribution < -0.4 is 5.32 Å². The molecule has 2 fully saturated rings. The predicted molar refractivity (Wildman–Crippen MR) is 71.0 cm³/mol. The molecule has 0 bridgehead atoms. The van der Waals surface area contributed by atoms with Crippen molar-refractivity contribution in [3.05, 3.63) is 0 Å². The minimum atomic E-state index is -4.02. The van der Waals surface area contributed by atoms with Crippen molar-refractivity contribution in [2.75, 3.05) is 6.54 Å². The van der Waals surface area contributed by atoms with E-state index in [9.17, 15) is 13.2 Å². The fourth-order valence-corrected chi connectivity index (χ4v) is 3.72. The molecule has 0 saturated heterocycles. The first kappa shape index (κ1) is 15.1. The molecule has 2 unspecified atom stereocenters. The molecule has 0 radical (unpaired) electrons. The maximum Gasteiger partial charge on any atom is 0.393 e. The molecule has 0 amide bonds. The fraction of sp³-hybridized carbons (Fsp3) is 1.00. The number of alkyl halides is 3. The van der Waals surface area contributed by atoms with Gasteiger partial charge in [0.15, 0.2) is 0 Å². The van der Waals surface area contributed by atoms with Gasteiger partial charge in [0.2, 0.25) is 0 Å². The molecule has 0 aromatic carbocycles. The van der Waals surface area contributed by atoms with Crippen molar-refractivity contribution < 1.29 is 13.2 Å². The van der Waals surface area contributed by atoms with Crippen LogP contribution in [-0.4, -0.2) is 18.8 Å². The van der Waals surface area contributed by atoms with E-state index in [4.69, 9.17) is 0 Å². The van der Waals surface area contributed by atoms with E-state index in [1.54, 1.807) is 0 Å². The van der Waals surface area contributed by atoms with E-state index < -0.39 is 12.1 Å². The standard InChI is InChI=1S/C15H26F3N/c16-15(17,18)13-8-4-5-9-14(13)19-11-10-12-6-2-1-3-7-12/h12-14,19H,1-11H2. The monoisotopic (exact) mass is 277 g/mol. The lowest BCUT2D eigenvalue weighted by molar-refractivity contribution is -0.188. The lowest BCUT2D eigenvalue weighted by Crippen LogP contribution is -2.46. The van der Waals surface area contributed by atoms with Crippen molar-refractivity contribution >= 4 is 0 Å². The topological polar surface area (TPSA) is 12.0 Å². The molecular formula is C15H26F3N. The molecule has 19 heavy (non-hydrogen) atoms. The van der Waals surface area contributed by atoms with E-state index in [-0.39, 0.29) is 6.04 Å². The van der Waals surface area contributed by atoms with Gasteiger partial charge in [-0.2, -0.15) is 13.2 Å². The van der Waals surface area contributed by atoms with Gasteiger partial charge in [-0.1, -0.05) is 44.9 Å². The normalized spacial score (nSPS) is 30.5. The number of rotatable bonds is 4. The average Bonchev–Trinajstić information content (AvgIpc) is 2.39. The molecule has 0 heterocycles. The van der Waals surface area contributed by atoms with Gasteiger partial charge in [0, 0.05) is 6.04 Å². The maximum absolute atomic E-state index is 12.9. The van der Waals surface area contributed by atoms with E-state index in [1.165, 1.54) is 32.1 Å². The first-order valence-corrected chi connectivity index (χ1v) is 7.87. The summed E-state index contributed by atoms with van der Waals surface area (Å²) in [6.45, 7) is 0.766. The lowest BCUT2D eigenvalue weighted by Gasteiger charge is -2.34. The molecule has 0 aromatic rings. The number of hydrogen-bond acceptors (Lipinski definition) is 1. The molecule has 1 N–H and O–H groups in total. The van der Waals surface area contributed by atoms with Crippen molar-refractivity contribution in [1.29, 1.82) is 0 Å². The van der Waals surface area contributed by atoms with E-state index >= 15 is 0 Å². The van der Waals surface area contributed by atoms with Crippen LogP contribution in [0.15, 0.2) is 0 Å². The molecule has 0 spiro atoms. The van der Waals surface area contributed by atoms with Gasteiger partial charge in [-0.15, -0.1) is 0 Å². The van der Waals surface area contributed by atoms with Crippen LogP contribution >= 0.6 is 0 Å². The third-order valence-corrected chi connectivity index (χ3v) is 4.87. The molecule has 112 valence electrons. The van der Waals surface area contributed by atoms with E-state index in [1.807, 2.05) is 0 Å². The molecule has 0 aliphatic heterocycles. The Kier molecular flexibility index (Phi) is 5.55. The highest BCUT2D eigenvalue weighted by atomic mass is 19.4. The molecule has 2 saturated carbocycles. The van der Waals surface area contributed by atoms with Crippen LogP contribution in [0, 0.1) is 11.8 Å². The molecule has 2 aliphatic rings. The maximum atomic E-state index is 12.9. The summed E-state index contributed by atoms with van der Waals surface area (Å²) in [7, 11) is 0. The Balaban J connectivity index is 1.73. The zero-order valence-electron chi connectivity index (χ0n) is 11.6. The van der Waals surface area contributed by atoms with E-state index in [2.05, 4.69) is 5.32 Å². The first-order valence-electron chi connectivity index (χ1n) is 7.87. The van der Waals surface area contributed by atoms with Crippen molar-refractivity contribution in [2.45, 2.75) is 76.4 Å². The van der Waals surface area contributed by atoms with Gasteiger partial charge in [0.1, 0.15) is 0 Å². The first-order chi connectivity index (χ1) is 9.07. The molecule has 2 aliphatic carbocycles. The van der Waals surface area contributed by atoms with Crippen LogP contribution in [0.5, 0.6) is 0 Å². The Bertz CT molecular complexity index is 259. The highest BCUT2D eigenvalue weighted by molar-refractivity contribution is 4.85. The summed E-state index contributed by atoms with van der Waals surface area (Å²) in [5, 5.41) is 3.21. The van der Waals surface area contributed by atoms with E-state index in [0.29, 0.717) is 12.8 Å². The zero-order valence-corrected chi connectivity index (χ0v) is 11.6. The second-order valence-electron chi connectivity index (χ2n) is 6.29. The van der Waals surface area contributed by atoms with Gasteiger partial charge in [-0.25, -0.2) is 0 Å². The van der Waals surface area contributed by atoms with Crippen LogP contribution in [0.1, 0.15) is 64.2 Å². The fourth-order valence-electron chi connectivity index (χ4n) is 3.72. The molecule has 2 atom stereocenters. The van der Waals surface area contributed by atoms with Crippen LogP contribution in [-0.2, 0) is 0 Å². The largest absolute Gasteiger partial charge is 0.393 e. The summed E-state index contributed by atoms with van der Waals surface area (Å²) >= 11 is 0. The molecule has 1 nitrogen and oxygen atoms in total. The summed E-state index contributed by atoms with van der Waals surface area (Å²) in [4.78, 5) is 0. The summed E-state index contributed by atoms with van der Waals surface area (Å²) in [5.41, 5.74) is 0. The highest BCUT2D eigenvalue weighted by Gasteiger charge is 2.45. The number of halogens is 3.